The van der Waals surface area contributed by atoms with Crippen LogP contribution in [0.2, 0.25) is 0 Å². The number of rotatable bonds is 30. The van der Waals surface area contributed by atoms with E-state index < -0.39 is 89.1 Å². The number of aliphatic imine (C=N–C) groups is 3. The van der Waals surface area contributed by atoms with Crippen LogP contribution in [0.15, 0.2) is 152 Å². The second-order valence-electron chi connectivity index (χ2n) is 28.8. The standard InChI is InChI=1S/C28H34BrFN4O5S.C26H28BrFN4O6S.C26H28BrFN4O5S/c1-5-38-28(37)22-20(14-34-9-10-39-24(15(2)3)21(34)12-16(4)27(35)36)32-25(26-31-8-11-40-26)33-23(22)18-7-6-17(30)13-19(18)29;1-2-37-26(36)22-20(14-32-8-9-38-17(13-32)5-4-16(33)12-21(34)35)30-24(25-29-7-10-39-25)31-23(22)18-6-3-15(28)11-19(18)27;1-2-36-24(33)20-19(14-32-8-9-37-16(13-32)12-26(5-6-26)25(34)35)30-22(23-29-7-10-38-23)31-21(20)17-4-3-15(28)11-18(17)27/h6-8,11,13,15-16,21,23-24H,5,9-10,12,14H2,1-4H3,(H,32,33)(H,35,36);3,6-7,10-11,17,23H,2,4-5,8-9,12-14H2,1H3,(H,30,31)(H,34,35);3-4,7,10-11,16,21H,2,5-6,8-9,12-14H2,1H3,(H,30,31)(H,34,35)/t16?,21-,23+,24-;17-,23+;16?,21-/m110/s1. The van der Waals surface area contributed by atoms with Crippen molar-refractivity contribution in [1.29, 1.82) is 0 Å². The summed E-state index contributed by atoms with van der Waals surface area (Å²) in [7, 11) is 0. The number of nitrogens with one attached hydrogen (secondary N) is 3. The van der Waals surface area contributed by atoms with E-state index in [2.05, 4.69) is 107 Å². The molecule has 9 heterocycles. The van der Waals surface area contributed by atoms with E-state index in [-0.39, 0.29) is 62.3 Å². The number of thiazole rings is 3. The lowest BCUT2D eigenvalue weighted by Crippen LogP contribution is -2.55. The van der Waals surface area contributed by atoms with Crippen molar-refractivity contribution < 1.29 is 90.5 Å². The highest BCUT2D eigenvalue weighted by Gasteiger charge is 2.52. The number of hydrogen-bond donors (Lipinski definition) is 6. The number of halogens is 6. The third-order valence-electron chi connectivity index (χ3n) is 20.3. The normalized spacial score (nSPS) is 21.8. The van der Waals surface area contributed by atoms with E-state index in [9.17, 15) is 56.9 Å². The van der Waals surface area contributed by atoms with Gasteiger partial charge in [-0.25, -0.2) is 42.5 Å². The van der Waals surface area contributed by atoms with Crippen LogP contribution < -0.4 is 16.0 Å². The summed E-state index contributed by atoms with van der Waals surface area (Å²) < 4.78 is 77.6. The van der Waals surface area contributed by atoms with Gasteiger partial charge < -0.3 is 59.7 Å². The minimum absolute atomic E-state index is 0.112. The molecule has 28 nitrogen and oxygen atoms in total. The summed E-state index contributed by atoms with van der Waals surface area (Å²) in [5, 5.41) is 45.5. The summed E-state index contributed by atoms with van der Waals surface area (Å²) in [5.41, 5.74) is 3.89. The Labute approximate surface area is 710 Å². The first kappa shape index (κ1) is 89.4. The van der Waals surface area contributed by atoms with Gasteiger partial charge in [0.1, 0.15) is 47.8 Å². The number of aromatic nitrogens is 3. The third-order valence-corrected chi connectivity index (χ3v) is 24.7. The van der Waals surface area contributed by atoms with Gasteiger partial charge in [0, 0.05) is 130 Å². The molecule has 1 saturated carbocycles. The molecule has 0 bridgehead atoms. The molecule has 2 unspecified atom stereocenters. The predicted molar refractivity (Wildman–Crippen MR) is 441 cm³/mol. The molecule has 1 aliphatic carbocycles. The van der Waals surface area contributed by atoms with E-state index in [1.165, 1.54) is 70.4 Å². The lowest BCUT2D eigenvalue weighted by molar-refractivity contribution is -0.146. The number of benzene rings is 3. The fraction of sp³-hybridized carbons (Fsp3) is 0.463. The fourth-order valence-electron chi connectivity index (χ4n) is 14.5. The van der Waals surface area contributed by atoms with Gasteiger partial charge in [0.05, 0.1) is 86.0 Å². The molecule has 6 aromatic rings. The van der Waals surface area contributed by atoms with Crippen LogP contribution in [0, 0.1) is 34.7 Å². The van der Waals surface area contributed by atoms with Crippen LogP contribution in [0.25, 0.3) is 0 Å². The Kier molecular flexibility index (Phi) is 31.8. The molecule has 117 heavy (non-hydrogen) atoms. The molecule has 7 aliphatic rings. The van der Waals surface area contributed by atoms with Gasteiger partial charge in [-0.2, -0.15) is 0 Å². The largest absolute Gasteiger partial charge is 0.481 e. The third kappa shape index (κ3) is 23.2. The second kappa shape index (κ2) is 41.6. The molecule has 626 valence electrons. The predicted octanol–water partition coefficient (Wildman–Crippen LogP) is 12.2. The van der Waals surface area contributed by atoms with Crippen molar-refractivity contribution in [3.63, 3.8) is 0 Å². The molecule has 3 saturated heterocycles. The van der Waals surface area contributed by atoms with E-state index >= 15 is 0 Å². The number of carbonyl (C=O) groups is 7. The minimum atomic E-state index is -1.15. The van der Waals surface area contributed by atoms with Crippen molar-refractivity contribution in [2.75, 3.05) is 92.0 Å². The van der Waals surface area contributed by atoms with Crippen molar-refractivity contribution in [2.45, 2.75) is 129 Å². The molecule has 8 atom stereocenters. The number of hydrogen-bond acceptors (Lipinski definition) is 28. The maximum Gasteiger partial charge on any atom is 0.338 e. The summed E-state index contributed by atoms with van der Waals surface area (Å²) in [6.07, 6.45) is 6.56. The molecule has 3 aromatic carbocycles. The maximum atomic E-state index is 14.0. The van der Waals surface area contributed by atoms with Gasteiger partial charge in [-0.3, -0.25) is 48.9 Å². The van der Waals surface area contributed by atoms with E-state index in [1.807, 2.05) is 16.1 Å². The van der Waals surface area contributed by atoms with Crippen LogP contribution in [0.1, 0.15) is 136 Å². The summed E-state index contributed by atoms with van der Waals surface area (Å²) in [5.74, 6) is -4.89. The summed E-state index contributed by atoms with van der Waals surface area (Å²) in [6, 6.07) is 10.3. The minimum Gasteiger partial charge on any atom is -0.481 e. The van der Waals surface area contributed by atoms with Crippen molar-refractivity contribution in [3.05, 3.63) is 186 Å². The fourth-order valence-corrected chi connectivity index (χ4v) is 18.0. The van der Waals surface area contributed by atoms with Crippen molar-refractivity contribution in [1.82, 2.24) is 45.6 Å². The van der Waals surface area contributed by atoms with Gasteiger partial charge in [-0.15, -0.1) is 34.0 Å². The van der Waals surface area contributed by atoms with Crippen LogP contribution >= 0.6 is 81.8 Å². The Morgan fingerprint density at radius 1 is 0.573 bits per heavy atom. The molecule has 0 amide bonds. The Bertz CT molecular complexity index is 4780. The molecular weight excluding hydrogens is 1780 g/mol. The van der Waals surface area contributed by atoms with E-state index in [0.717, 1.165) is 0 Å². The van der Waals surface area contributed by atoms with Gasteiger partial charge in [0.25, 0.3) is 0 Å². The quantitative estimate of drug-likeness (QED) is 0.0139. The summed E-state index contributed by atoms with van der Waals surface area (Å²) >= 11 is 14.5. The van der Waals surface area contributed by atoms with E-state index in [0.29, 0.717) is 201 Å². The zero-order valence-corrected chi connectivity index (χ0v) is 72.1. The molecule has 0 radical (unpaired) electrons. The number of aliphatic carboxylic acids is 3. The SMILES string of the molecule is CCOC(=O)C1=C(CN2CCOC(CC3(C(=O)O)CC3)C2)NC(c2nccs2)=N[C@H]1c1ccc(F)cc1Br.CCOC(=O)C1=C(CN2CCO[C@H](C(C)C)[C@H]2CC(C)C(=O)O)NC(c2nccs2)=N[C@H]1c1ccc(F)cc1Br.CCOC(=O)C1=C(CN2CCO[C@H](CCC(=O)CC(=O)O)C2)NC(c2nccs2)=N[C@H]1c1ccc(F)cc1Br. The first-order valence-corrected chi connectivity index (χ1v) is 43.2. The number of carboxylic acids is 3. The molecular formula is C80H90Br3F3N12O16S3. The highest BCUT2D eigenvalue weighted by atomic mass is 79.9. The van der Waals surface area contributed by atoms with Gasteiger partial charge in [-0.1, -0.05) is 86.8 Å². The summed E-state index contributed by atoms with van der Waals surface area (Å²) in [4.78, 5) is 120. The van der Waals surface area contributed by atoms with Crippen molar-refractivity contribution in [2.24, 2.45) is 32.2 Å². The second-order valence-corrected chi connectivity index (χ2v) is 34.1. The highest BCUT2D eigenvalue weighted by Crippen LogP contribution is 2.51. The Balaban J connectivity index is 0.000000172. The molecule has 6 N–H and O–H groups in total. The number of carbonyl (C=O) groups excluding carboxylic acids is 4. The topological polar surface area (TPSA) is 357 Å². The Hall–Kier alpha value is -8.34. The number of Topliss-reactive ketones (excluding diaryl/α,β-unsaturated/α-hetero) is 1. The number of ether oxygens (including phenoxy) is 6. The van der Waals surface area contributed by atoms with Crippen LogP contribution in [-0.2, 0) is 62.0 Å². The molecule has 37 heteroatoms. The lowest BCUT2D eigenvalue weighted by atomic mass is 9.89. The van der Waals surface area contributed by atoms with Crippen LogP contribution in [0.4, 0.5) is 13.2 Å². The number of carboxylic acid groups (broad SMARTS) is 3. The lowest BCUT2D eigenvalue weighted by Gasteiger charge is -2.44. The van der Waals surface area contributed by atoms with Crippen LogP contribution in [0.3, 0.4) is 0 Å². The molecule has 0 spiro atoms. The zero-order valence-electron chi connectivity index (χ0n) is 64.9. The summed E-state index contributed by atoms with van der Waals surface area (Å²) in [6.45, 7) is 16.7. The van der Waals surface area contributed by atoms with E-state index in [1.54, 1.807) is 64.5 Å². The average molecular weight is 1870 g/mol. The number of morpholine rings is 3. The number of ketones is 1. The van der Waals surface area contributed by atoms with Crippen molar-refractivity contribution in [3.8, 4) is 0 Å². The van der Waals surface area contributed by atoms with Gasteiger partial charge in [-0.05, 0) is 112 Å². The highest BCUT2D eigenvalue weighted by molar-refractivity contribution is 9.11. The monoisotopic (exact) mass is 1860 g/mol. The Morgan fingerprint density at radius 3 is 1.33 bits per heavy atom. The van der Waals surface area contributed by atoms with Crippen molar-refractivity contribution >= 4 is 141 Å². The molecule has 4 fully saturated rings. The molecule has 3 aromatic heterocycles. The number of nitrogens with zero attached hydrogens (tertiary/aromatic N) is 9. The Morgan fingerprint density at radius 2 is 0.974 bits per heavy atom. The molecule has 13 rings (SSSR count). The zero-order chi connectivity index (χ0) is 83.8. The molecule has 6 aliphatic heterocycles. The van der Waals surface area contributed by atoms with Gasteiger partial charge in [0.15, 0.2) is 32.5 Å². The first-order chi connectivity index (χ1) is 56.1. The maximum absolute atomic E-state index is 14.0. The van der Waals surface area contributed by atoms with Gasteiger partial charge >= 0.3 is 35.8 Å². The van der Waals surface area contributed by atoms with Gasteiger partial charge in [0.2, 0.25) is 0 Å². The van der Waals surface area contributed by atoms with Crippen LogP contribution in [0.5, 0.6) is 0 Å². The average Bonchev–Trinajstić information content (AvgIpc) is 1.28. The smallest absolute Gasteiger partial charge is 0.338 e. The number of amidine groups is 3. The number of esters is 3. The van der Waals surface area contributed by atoms with E-state index in [4.69, 9.17) is 48.5 Å². The van der Waals surface area contributed by atoms with Crippen LogP contribution in [-0.4, -0.2) is 220 Å². The first-order valence-electron chi connectivity index (χ1n) is 38.2.